The fourth-order valence-electron chi connectivity index (χ4n) is 5.25. The van der Waals surface area contributed by atoms with Gasteiger partial charge in [0.2, 0.25) is 5.82 Å². The van der Waals surface area contributed by atoms with Crippen LogP contribution < -0.4 is 10.6 Å². The van der Waals surface area contributed by atoms with Gasteiger partial charge in [-0.05, 0) is 36.5 Å². The highest BCUT2D eigenvalue weighted by atomic mass is 35.5. The molecule has 0 amide bonds. The average molecular weight is 662 g/mol. The van der Waals surface area contributed by atoms with Gasteiger partial charge in [0.05, 0.1) is 45.1 Å². The first-order valence-electron chi connectivity index (χ1n) is 14.1. The number of nitriles is 1. The normalized spacial score (nSPS) is 15.6. The van der Waals surface area contributed by atoms with Crippen molar-refractivity contribution in [2.45, 2.75) is 57.5 Å². The van der Waals surface area contributed by atoms with Crippen molar-refractivity contribution in [3.63, 3.8) is 0 Å². The van der Waals surface area contributed by atoms with Crippen LogP contribution in [0.1, 0.15) is 62.3 Å². The van der Waals surface area contributed by atoms with Gasteiger partial charge < -0.3 is 15.6 Å². The number of rotatable bonds is 7. The van der Waals surface area contributed by atoms with E-state index < -0.39 is 29.8 Å². The number of benzene rings is 2. The number of aromatic nitrogens is 6. The number of pyridine rings is 1. The molecule has 16 heteroatoms. The highest BCUT2D eigenvalue weighted by Crippen LogP contribution is 2.55. The van der Waals surface area contributed by atoms with E-state index in [1.54, 1.807) is 6.07 Å². The summed E-state index contributed by atoms with van der Waals surface area (Å²) in [4.78, 5) is 10.4. The number of halogens is 7. The Morgan fingerprint density at radius 3 is 2.48 bits per heavy atom. The predicted octanol–water partition coefficient (Wildman–Crippen LogP) is 7.96. The molecule has 1 saturated carbocycles. The van der Waals surface area contributed by atoms with Crippen molar-refractivity contribution in [3.05, 3.63) is 70.4 Å². The summed E-state index contributed by atoms with van der Waals surface area (Å²) in [6, 6.07) is 8.59. The SMILES string of the molecule is CC(C)(C)CNc1c(C#N)cnc2c(Cl)cc(NC(c3cn(C4(C(F)(F)F)CC4)nn3)c3cccc4[nH]c(C(F)(F)F)nc34)cc12. The molecule has 1 atom stereocenters. The lowest BCUT2D eigenvalue weighted by atomic mass is 9.96. The molecular weight excluding hydrogens is 636 g/mol. The van der Waals surface area contributed by atoms with Crippen LogP contribution in [0.5, 0.6) is 0 Å². The van der Waals surface area contributed by atoms with Gasteiger partial charge in [-0.1, -0.05) is 49.7 Å². The molecule has 1 aliphatic rings. The van der Waals surface area contributed by atoms with Crippen LogP contribution in [-0.4, -0.2) is 42.7 Å². The van der Waals surface area contributed by atoms with Crippen LogP contribution >= 0.6 is 11.6 Å². The molecule has 3 aromatic heterocycles. The van der Waals surface area contributed by atoms with E-state index in [4.69, 9.17) is 11.6 Å². The summed E-state index contributed by atoms with van der Waals surface area (Å²) in [7, 11) is 0. The molecule has 0 radical (unpaired) electrons. The molecule has 3 heterocycles. The summed E-state index contributed by atoms with van der Waals surface area (Å²) in [5.74, 6) is -1.23. The van der Waals surface area contributed by atoms with Gasteiger partial charge in [-0.2, -0.15) is 31.6 Å². The van der Waals surface area contributed by atoms with Crippen LogP contribution in [0, 0.1) is 16.7 Å². The van der Waals surface area contributed by atoms with Gasteiger partial charge >= 0.3 is 12.4 Å². The largest absolute Gasteiger partial charge is 0.449 e. The monoisotopic (exact) mass is 661 g/mol. The van der Waals surface area contributed by atoms with Gasteiger partial charge in [0.1, 0.15) is 11.8 Å². The molecular formula is C30H26ClF6N9. The second kappa shape index (κ2) is 10.8. The molecule has 3 N–H and O–H groups in total. The van der Waals surface area contributed by atoms with Crippen molar-refractivity contribution in [3.8, 4) is 6.07 Å². The molecule has 1 unspecified atom stereocenters. The maximum absolute atomic E-state index is 13.9. The summed E-state index contributed by atoms with van der Waals surface area (Å²) in [5.41, 5.74) is -0.727. The number of aromatic amines is 1. The van der Waals surface area contributed by atoms with Gasteiger partial charge in [0, 0.05) is 29.4 Å². The molecule has 0 aliphatic heterocycles. The fourth-order valence-corrected chi connectivity index (χ4v) is 5.52. The minimum Gasteiger partial charge on any atom is -0.383 e. The van der Waals surface area contributed by atoms with Gasteiger partial charge in [-0.15, -0.1) is 5.10 Å². The van der Waals surface area contributed by atoms with Gasteiger partial charge in [0.25, 0.3) is 0 Å². The minimum absolute atomic E-state index is 0.00536. The number of anilines is 2. The molecule has 6 rings (SSSR count). The Hall–Kier alpha value is -4.58. The maximum atomic E-state index is 13.9. The van der Waals surface area contributed by atoms with Crippen LogP contribution in [0.15, 0.2) is 42.7 Å². The molecule has 9 nitrogen and oxygen atoms in total. The lowest BCUT2D eigenvalue weighted by Crippen LogP contribution is -2.35. The number of alkyl halides is 6. The number of nitrogens with zero attached hydrogens (tertiary/aromatic N) is 6. The fraction of sp³-hybridized carbons (Fsp3) is 0.367. The Kier molecular flexibility index (Phi) is 7.34. The smallest absolute Gasteiger partial charge is 0.383 e. The molecule has 5 aromatic rings. The minimum atomic E-state index is -4.78. The number of nitrogens with one attached hydrogen (secondary N) is 3. The molecule has 46 heavy (non-hydrogen) atoms. The number of fused-ring (bicyclic) bond motifs is 2. The van der Waals surface area contributed by atoms with Crippen LogP contribution in [0.25, 0.3) is 21.9 Å². The molecule has 1 fully saturated rings. The van der Waals surface area contributed by atoms with Crippen molar-refractivity contribution in [2.75, 3.05) is 17.2 Å². The molecule has 0 saturated heterocycles. The third kappa shape index (κ3) is 5.66. The van der Waals surface area contributed by atoms with E-state index in [-0.39, 0.29) is 51.1 Å². The van der Waals surface area contributed by atoms with Crippen molar-refractivity contribution >= 4 is 44.9 Å². The third-order valence-electron chi connectivity index (χ3n) is 7.77. The Morgan fingerprint density at radius 2 is 1.85 bits per heavy atom. The van der Waals surface area contributed by atoms with Crippen molar-refractivity contribution < 1.29 is 26.3 Å². The number of imidazole rings is 1. The van der Waals surface area contributed by atoms with Crippen LogP contribution in [-0.2, 0) is 11.7 Å². The summed E-state index contributed by atoms with van der Waals surface area (Å²) in [6.07, 6.45) is -7.18. The Labute approximate surface area is 263 Å². The maximum Gasteiger partial charge on any atom is 0.449 e. The topological polar surface area (TPSA) is 120 Å². The van der Waals surface area contributed by atoms with E-state index >= 15 is 0 Å². The average Bonchev–Trinajstić information content (AvgIpc) is 3.43. The highest BCUT2D eigenvalue weighted by molar-refractivity contribution is 6.35. The zero-order valence-corrected chi connectivity index (χ0v) is 25.3. The van der Waals surface area contributed by atoms with Crippen LogP contribution in [0.2, 0.25) is 5.02 Å². The second-order valence-corrected chi connectivity index (χ2v) is 12.9. The molecule has 2 aromatic carbocycles. The number of hydrogen-bond donors (Lipinski definition) is 3. The zero-order chi connectivity index (χ0) is 33.2. The molecule has 0 spiro atoms. The lowest BCUT2D eigenvalue weighted by molar-refractivity contribution is -0.183. The number of H-pyrrole nitrogens is 1. The first-order valence-corrected chi connectivity index (χ1v) is 14.5. The van der Waals surface area contributed by atoms with Gasteiger partial charge in [0.15, 0.2) is 5.54 Å². The van der Waals surface area contributed by atoms with E-state index in [0.29, 0.717) is 28.8 Å². The van der Waals surface area contributed by atoms with E-state index in [1.165, 1.54) is 30.5 Å². The number of para-hydroxylation sites is 1. The summed E-state index contributed by atoms with van der Waals surface area (Å²) in [6.45, 7) is 6.53. The standard InChI is InChI=1S/C30H26ClF6N9/c1-27(2,3)14-40-22-15(11-38)12-39-23-18(22)9-16(10-19(23)31)41-25(21-13-46(45-44-21)28(7-8-28)30(35,36)37)17-5-4-6-20-24(17)43-26(42-20)29(32,33)34/h4-6,9-10,12-13,25,41H,7-8,14H2,1-3H3,(H,39,40)(H,42,43). The van der Waals surface area contributed by atoms with Crippen molar-refractivity contribution in [1.29, 1.82) is 5.26 Å². The third-order valence-corrected chi connectivity index (χ3v) is 8.06. The molecule has 240 valence electrons. The summed E-state index contributed by atoms with van der Waals surface area (Å²) in [5, 5.41) is 24.8. The van der Waals surface area contributed by atoms with Crippen LogP contribution in [0.4, 0.5) is 37.7 Å². The first kappa shape index (κ1) is 31.4. The predicted molar refractivity (Wildman–Crippen MR) is 159 cm³/mol. The summed E-state index contributed by atoms with van der Waals surface area (Å²) < 4.78 is 83.4. The Bertz CT molecular complexity index is 1990. The quantitative estimate of drug-likeness (QED) is 0.151. The highest BCUT2D eigenvalue weighted by Gasteiger charge is 2.66. The Balaban J connectivity index is 1.51. The summed E-state index contributed by atoms with van der Waals surface area (Å²) >= 11 is 6.65. The molecule has 1 aliphatic carbocycles. The van der Waals surface area contributed by atoms with Crippen LogP contribution in [0.3, 0.4) is 0 Å². The second-order valence-electron chi connectivity index (χ2n) is 12.4. The lowest BCUT2D eigenvalue weighted by Gasteiger charge is -2.22. The van der Waals surface area contributed by atoms with Gasteiger partial charge in [-0.3, -0.25) is 4.98 Å². The zero-order valence-electron chi connectivity index (χ0n) is 24.6. The van der Waals surface area contributed by atoms with Crippen molar-refractivity contribution in [2.24, 2.45) is 5.41 Å². The molecule has 0 bridgehead atoms. The van der Waals surface area contributed by atoms with Crippen molar-refractivity contribution in [1.82, 2.24) is 29.9 Å². The first-order chi connectivity index (χ1) is 21.5. The van der Waals surface area contributed by atoms with E-state index in [1.807, 2.05) is 20.8 Å². The van der Waals surface area contributed by atoms with E-state index in [2.05, 4.69) is 42.0 Å². The number of hydrogen-bond acceptors (Lipinski definition) is 7. The Morgan fingerprint density at radius 1 is 1.11 bits per heavy atom. The van der Waals surface area contributed by atoms with Gasteiger partial charge in [-0.25, -0.2) is 9.67 Å². The van der Waals surface area contributed by atoms with E-state index in [0.717, 1.165) is 10.9 Å². The van der Waals surface area contributed by atoms with E-state index in [9.17, 15) is 31.6 Å².